The summed E-state index contributed by atoms with van der Waals surface area (Å²) in [5.41, 5.74) is 0.389. The standard InChI is InChI=1S/C16H22O5/c1-15(2,3)10-8-7-9(14(19)21-20)11(13(17)18)12(10)16(4,5)6/h7-8,20H,1-6H3,(H,17,18). The van der Waals surface area contributed by atoms with Crippen molar-refractivity contribution in [2.75, 3.05) is 0 Å². The highest BCUT2D eigenvalue weighted by molar-refractivity contribution is 6.04. The Balaban J connectivity index is 3.89. The average Bonchev–Trinajstić information content (AvgIpc) is 2.33. The van der Waals surface area contributed by atoms with Gasteiger partial charge in [-0.25, -0.2) is 9.59 Å². The van der Waals surface area contributed by atoms with Gasteiger partial charge in [-0.15, -0.1) is 0 Å². The number of aromatic carboxylic acids is 1. The van der Waals surface area contributed by atoms with Crippen molar-refractivity contribution in [3.63, 3.8) is 0 Å². The van der Waals surface area contributed by atoms with Gasteiger partial charge in [-0.1, -0.05) is 47.6 Å². The molecule has 21 heavy (non-hydrogen) atoms. The van der Waals surface area contributed by atoms with E-state index in [2.05, 4.69) is 4.89 Å². The van der Waals surface area contributed by atoms with Crippen molar-refractivity contribution in [2.45, 2.75) is 52.4 Å². The van der Waals surface area contributed by atoms with Crippen LogP contribution in [0.1, 0.15) is 73.4 Å². The molecular formula is C16H22O5. The van der Waals surface area contributed by atoms with Gasteiger partial charge >= 0.3 is 11.9 Å². The van der Waals surface area contributed by atoms with Gasteiger partial charge in [0.05, 0.1) is 11.1 Å². The summed E-state index contributed by atoms with van der Waals surface area (Å²) in [6.07, 6.45) is 0. The van der Waals surface area contributed by atoms with Crippen LogP contribution in [-0.4, -0.2) is 22.3 Å². The summed E-state index contributed by atoms with van der Waals surface area (Å²) in [6, 6.07) is 3.11. The molecule has 1 aromatic rings. The summed E-state index contributed by atoms with van der Waals surface area (Å²) in [4.78, 5) is 27.1. The van der Waals surface area contributed by atoms with Crippen LogP contribution in [-0.2, 0) is 15.7 Å². The number of carboxylic acids is 1. The van der Waals surface area contributed by atoms with Crippen LogP contribution in [0.5, 0.6) is 0 Å². The number of hydrogen-bond donors (Lipinski definition) is 2. The highest BCUT2D eigenvalue weighted by atomic mass is 17.1. The Kier molecular flexibility index (Phi) is 4.48. The van der Waals surface area contributed by atoms with E-state index in [4.69, 9.17) is 5.26 Å². The molecule has 2 N–H and O–H groups in total. The zero-order valence-electron chi connectivity index (χ0n) is 13.3. The average molecular weight is 294 g/mol. The molecule has 5 heteroatoms. The first kappa shape index (κ1) is 17.2. The molecule has 0 saturated carbocycles. The fourth-order valence-electron chi connectivity index (χ4n) is 2.45. The minimum absolute atomic E-state index is 0.117. The van der Waals surface area contributed by atoms with Gasteiger partial charge in [0.2, 0.25) is 0 Å². The molecule has 0 heterocycles. The van der Waals surface area contributed by atoms with Crippen molar-refractivity contribution in [3.05, 3.63) is 34.4 Å². The summed E-state index contributed by atoms with van der Waals surface area (Å²) < 4.78 is 0. The van der Waals surface area contributed by atoms with Gasteiger partial charge in [0.15, 0.2) is 0 Å². The molecule has 0 unspecified atom stereocenters. The minimum atomic E-state index is -1.22. The van der Waals surface area contributed by atoms with Crippen molar-refractivity contribution >= 4 is 11.9 Å². The second-order valence-electron chi connectivity index (χ2n) is 7.09. The molecule has 0 bridgehead atoms. The number of benzene rings is 1. The Bertz CT molecular complexity index is 574. The molecule has 5 nitrogen and oxygen atoms in total. The molecule has 1 aromatic carbocycles. The first-order valence-corrected chi connectivity index (χ1v) is 6.68. The lowest BCUT2D eigenvalue weighted by Crippen LogP contribution is -2.27. The van der Waals surface area contributed by atoms with Crippen molar-refractivity contribution in [2.24, 2.45) is 0 Å². The van der Waals surface area contributed by atoms with Crippen molar-refractivity contribution in [1.29, 1.82) is 0 Å². The van der Waals surface area contributed by atoms with E-state index in [-0.39, 0.29) is 16.5 Å². The zero-order valence-corrected chi connectivity index (χ0v) is 13.3. The monoisotopic (exact) mass is 294 g/mol. The highest BCUT2D eigenvalue weighted by Gasteiger charge is 2.33. The predicted octanol–water partition coefficient (Wildman–Crippen LogP) is 3.61. The second-order valence-corrected chi connectivity index (χ2v) is 7.09. The van der Waals surface area contributed by atoms with E-state index in [0.29, 0.717) is 5.56 Å². The zero-order chi connectivity index (χ0) is 16.6. The van der Waals surface area contributed by atoms with E-state index in [1.807, 2.05) is 41.5 Å². The molecule has 0 aromatic heterocycles. The second kappa shape index (κ2) is 5.48. The maximum absolute atomic E-state index is 11.7. The molecule has 0 aliphatic rings. The van der Waals surface area contributed by atoms with Crippen molar-refractivity contribution < 1.29 is 24.8 Å². The van der Waals surface area contributed by atoms with Gasteiger partial charge < -0.3 is 5.11 Å². The Morgan fingerprint density at radius 3 is 1.86 bits per heavy atom. The first-order valence-electron chi connectivity index (χ1n) is 6.68. The van der Waals surface area contributed by atoms with E-state index in [9.17, 15) is 14.7 Å². The summed E-state index contributed by atoms with van der Waals surface area (Å²) in [5.74, 6) is -2.29. The molecular weight excluding hydrogens is 272 g/mol. The number of rotatable bonds is 2. The van der Waals surface area contributed by atoms with E-state index < -0.39 is 17.4 Å². The lowest BCUT2D eigenvalue weighted by atomic mass is 9.72. The minimum Gasteiger partial charge on any atom is -0.478 e. The summed E-state index contributed by atoms with van der Waals surface area (Å²) in [5, 5.41) is 18.1. The van der Waals surface area contributed by atoms with Crippen LogP contribution in [0.2, 0.25) is 0 Å². The molecule has 0 aliphatic heterocycles. The van der Waals surface area contributed by atoms with E-state index in [0.717, 1.165) is 5.56 Å². The number of hydrogen-bond acceptors (Lipinski definition) is 4. The number of carbonyl (C=O) groups excluding carboxylic acids is 1. The normalized spacial score (nSPS) is 12.1. The maximum Gasteiger partial charge on any atom is 0.373 e. The SMILES string of the molecule is CC(C)(C)c1ccc(C(=O)OO)c(C(=O)O)c1C(C)(C)C. The Labute approximate surface area is 124 Å². The molecule has 116 valence electrons. The fourth-order valence-corrected chi connectivity index (χ4v) is 2.45. The molecule has 0 fully saturated rings. The Morgan fingerprint density at radius 2 is 1.52 bits per heavy atom. The summed E-state index contributed by atoms with van der Waals surface area (Å²) >= 11 is 0. The molecule has 0 aliphatic carbocycles. The third-order valence-electron chi connectivity index (χ3n) is 3.28. The van der Waals surface area contributed by atoms with E-state index >= 15 is 0 Å². The van der Waals surface area contributed by atoms with Gasteiger partial charge in [0.25, 0.3) is 0 Å². The topological polar surface area (TPSA) is 83.8 Å². The van der Waals surface area contributed by atoms with Crippen LogP contribution >= 0.6 is 0 Å². The highest BCUT2D eigenvalue weighted by Crippen LogP contribution is 2.37. The summed E-state index contributed by atoms with van der Waals surface area (Å²) in [6.45, 7) is 11.6. The van der Waals surface area contributed by atoms with E-state index in [1.165, 1.54) is 6.07 Å². The quantitative estimate of drug-likeness (QED) is 0.643. The van der Waals surface area contributed by atoms with Crippen LogP contribution in [0, 0.1) is 0 Å². The predicted molar refractivity (Wildman–Crippen MR) is 78.8 cm³/mol. The maximum atomic E-state index is 11.7. The molecule has 0 saturated heterocycles. The van der Waals surface area contributed by atoms with Gasteiger partial charge in [-0.2, -0.15) is 5.26 Å². The molecule has 1 rings (SSSR count). The Hall–Kier alpha value is -1.88. The third kappa shape index (κ3) is 3.42. The molecule has 0 atom stereocenters. The molecule has 0 amide bonds. The number of carboxylic acid groups (broad SMARTS) is 1. The van der Waals surface area contributed by atoms with Crippen LogP contribution in [0.3, 0.4) is 0 Å². The first-order chi connectivity index (χ1) is 9.41. The van der Waals surface area contributed by atoms with Crippen molar-refractivity contribution in [1.82, 2.24) is 0 Å². The number of carbonyl (C=O) groups is 2. The molecule has 0 spiro atoms. The van der Waals surface area contributed by atoms with Crippen molar-refractivity contribution in [3.8, 4) is 0 Å². The Morgan fingerprint density at radius 1 is 1.00 bits per heavy atom. The van der Waals surface area contributed by atoms with E-state index in [1.54, 1.807) is 6.07 Å². The van der Waals surface area contributed by atoms with Crippen LogP contribution < -0.4 is 0 Å². The lowest BCUT2D eigenvalue weighted by molar-refractivity contribution is -0.182. The van der Waals surface area contributed by atoms with Gasteiger partial charge in [0, 0.05) is 0 Å². The van der Waals surface area contributed by atoms with Gasteiger partial charge in [-0.3, -0.25) is 4.89 Å². The lowest BCUT2D eigenvalue weighted by Gasteiger charge is -2.32. The summed E-state index contributed by atoms with van der Waals surface area (Å²) in [7, 11) is 0. The largest absolute Gasteiger partial charge is 0.478 e. The molecule has 0 radical (unpaired) electrons. The smallest absolute Gasteiger partial charge is 0.373 e. The fraction of sp³-hybridized carbons (Fsp3) is 0.500. The van der Waals surface area contributed by atoms with Crippen LogP contribution in [0.25, 0.3) is 0 Å². The van der Waals surface area contributed by atoms with Crippen LogP contribution in [0.15, 0.2) is 12.1 Å². The van der Waals surface area contributed by atoms with Gasteiger partial charge in [-0.05, 0) is 28.0 Å². The third-order valence-corrected chi connectivity index (χ3v) is 3.28. The van der Waals surface area contributed by atoms with Crippen LogP contribution in [0.4, 0.5) is 0 Å². The van der Waals surface area contributed by atoms with Gasteiger partial charge in [0.1, 0.15) is 0 Å².